The second kappa shape index (κ2) is 7.29. The molecule has 5 heteroatoms. The second-order valence-electron chi connectivity index (χ2n) is 5.88. The van der Waals surface area contributed by atoms with Gasteiger partial charge in [0.1, 0.15) is 5.75 Å². The summed E-state index contributed by atoms with van der Waals surface area (Å²) < 4.78 is 5.68. The Morgan fingerprint density at radius 1 is 1.32 bits per heavy atom. The maximum Gasteiger partial charge on any atom is 0.306 e. The number of benzene rings is 1. The fraction of sp³-hybridized carbons (Fsp3) is 0.529. The molecule has 1 amide bonds. The third-order valence-corrected chi connectivity index (χ3v) is 4.01. The summed E-state index contributed by atoms with van der Waals surface area (Å²) in [5.74, 6) is -0.888. The molecule has 1 aromatic rings. The number of hydrogen-bond donors (Lipinski definition) is 2. The average Bonchev–Trinajstić information content (AvgIpc) is 2.97. The first-order valence-electron chi connectivity index (χ1n) is 7.78. The summed E-state index contributed by atoms with van der Waals surface area (Å²) in [5.41, 5.74) is 1.72. The standard InChI is InChI=1S/C17H23NO4/c1-3-8-22-15-9-11(2)4-7-14(15)18-16(19)12-5-6-13(10-12)17(20)21/h4,7,9,12-13H,3,5-6,8,10H2,1-2H3,(H,18,19)(H,20,21)/t12-,13+/m1/s1. The molecule has 1 saturated carbocycles. The molecule has 0 unspecified atom stereocenters. The van der Waals surface area contributed by atoms with Gasteiger partial charge in [-0.15, -0.1) is 0 Å². The van der Waals surface area contributed by atoms with Crippen molar-refractivity contribution in [1.29, 1.82) is 0 Å². The molecule has 120 valence electrons. The van der Waals surface area contributed by atoms with E-state index >= 15 is 0 Å². The molecule has 2 atom stereocenters. The van der Waals surface area contributed by atoms with Gasteiger partial charge in [-0.1, -0.05) is 13.0 Å². The molecule has 0 heterocycles. The number of ether oxygens (including phenoxy) is 1. The van der Waals surface area contributed by atoms with Crippen LogP contribution in [0.2, 0.25) is 0 Å². The summed E-state index contributed by atoms with van der Waals surface area (Å²) in [7, 11) is 0. The maximum absolute atomic E-state index is 12.3. The van der Waals surface area contributed by atoms with Gasteiger partial charge < -0.3 is 15.2 Å². The number of rotatable bonds is 6. The van der Waals surface area contributed by atoms with Gasteiger partial charge in [-0.05, 0) is 50.3 Å². The van der Waals surface area contributed by atoms with Crippen molar-refractivity contribution >= 4 is 17.6 Å². The van der Waals surface area contributed by atoms with Crippen LogP contribution in [0.1, 0.15) is 38.2 Å². The highest BCUT2D eigenvalue weighted by Gasteiger charge is 2.34. The van der Waals surface area contributed by atoms with E-state index in [-0.39, 0.29) is 11.8 Å². The van der Waals surface area contributed by atoms with E-state index in [1.807, 2.05) is 32.0 Å². The van der Waals surface area contributed by atoms with Crippen LogP contribution in [0.25, 0.3) is 0 Å². The smallest absolute Gasteiger partial charge is 0.306 e. The summed E-state index contributed by atoms with van der Waals surface area (Å²) in [6, 6.07) is 5.66. The number of aliphatic carboxylic acids is 1. The molecule has 2 N–H and O–H groups in total. The zero-order valence-corrected chi connectivity index (χ0v) is 13.1. The van der Waals surface area contributed by atoms with E-state index in [0.717, 1.165) is 12.0 Å². The zero-order valence-electron chi connectivity index (χ0n) is 13.1. The Morgan fingerprint density at radius 2 is 2.05 bits per heavy atom. The van der Waals surface area contributed by atoms with Gasteiger partial charge in [0.05, 0.1) is 18.2 Å². The van der Waals surface area contributed by atoms with Crippen molar-refractivity contribution in [3.05, 3.63) is 23.8 Å². The van der Waals surface area contributed by atoms with E-state index in [9.17, 15) is 9.59 Å². The van der Waals surface area contributed by atoms with Crippen molar-refractivity contribution in [3.63, 3.8) is 0 Å². The van der Waals surface area contributed by atoms with Crippen LogP contribution in [-0.4, -0.2) is 23.6 Å². The summed E-state index contributed by atoms with van der Waals surface area (Å²) in [6.07, 6.45) is 2.50. The molecule has 5 nitrogen and oxygen atoms in total. The van der Waals surface area contributed by atoms with Crippen molar-refractivity contribution in [1.82, 2.24) is 0 Å². The predicted octanol–water partition coefficient (Wildman–Crippen LogP) is 3.22. The Hall–Kier alpha value is -2.04. The van der Waals surface area contributed by atoms with Gasteiger partial charge in [-0.2, -0.15) is 0 Å². The number of hydrogen-bond acceptors (Lipinski definition) is 3. The van der Waals surface area contributed by atoms with Crippen molar-refractivity contribution in [3.8, 4) is 5.75 Å². The lowest BCUT2D eigenvalue weighted by Gasteiger charge is -2.15. The van der Waals surface area contributed by atoms with Gasteiger partial charge in [0, 0.05) is 5.92 Å². The van der Waals surface area contributed by atoms with Gasteiger partial charge >= 0.3 is 5.97 Å². The Labute approximate surface area is 130 Å². The molecular formula is C17H23NO4. The largest absolute Gasteiger partial charge is 0.491 e. The summed E-state index contributed by atoms with van der Waals surface area (Å²) in [5, 5.41) is 11.9. The fourth-order valence-electron chi connectivity index (χ4n) is 2.74. The van der Waals surface area contributed by atoms with Crippen LogP contribution in [0.5, 0.6) is 5.75 Å². The van der Waals surface area contributed by atoms with Crippen molar-refractivity contribution in [2.75, 3.05) is 11.9 Å². The summed E-state index contributed by atoms with van der Waals surface area (Å²) >= 11 is 0. The van der Waals surface area contributed by atoms with Gasteiger partial charge in [-0.25, -0.2) is 0 Å². The van der Waals surface area contributed by atoms with Crippen LogP contribution >= 0.6 is 0 Å². The Kier molecular flexibility index (Phi) is 5.41. The molecule has 0 spiro atoms. The lowest BCUT2D eigenvalue weighted by Crippen LogP contribution is -2.22. The summed E-state index contributed by atoms with van der Waals surface area (Å²) in [6.45, 7) is 4.59. The van der Waals surface area contributed by atoms with E-state index in [4.69, 9.17) is 9.84 Å². The minimum atomic E-state index is -0.808. The van der Waals surface area contributed by atoms with Gasteiger partial charge in [0.2, 0.25) is 5.91 Å². The molecular weight excluding hydrogens is 282 g/mol. The molecule has 0 bridgehead atoms. The molecule has 0 radical (unpaired) electrons. The van der Waals surface area contributed by atoms with E-state index in [2.05, 4.69) is 5.32 Å². The number of carbonyl (C=O) groups excluding carboxylic acids is 1. The third kappa shape index (κ3) is 4.00. The Morgan fingerprint density at radius 3 is 2.68 bits per heavy atom. The zero-order chi connectivity index (χ0) is 16.1. The van der Waals surface area contributed by atoms with Crippen molar-refractivity contribution < 1.29 is 19.4 Å². The molecule has 0 aromatic heterocycles. The minimum absolute atomic E-state index is 0.117. The molecule has 1 aliphatic carbocycles. The van der Waals surface area contributed by atoms with Gasteiger partial charge in [0.15, 0.2) is 0 Å². The normalized spacial score (nSPS) is 20.6. The molecule has 0 aliphatic heterocycles. The van der Waals surface area contributed by atoms with Gasteiger partial charge in [0.25, 0.3) is 0 Å². The monoisotopic (exact) mass is 305 g/mol. The highest BCUT2D eigenvalue weighted by Crippen LogP contribution is 2.33. The van der Waals surface area contributed by atoms with E-state index < -0.39 is 11.9 Å². The first-order valence-corrected chi connectivity index (χ1v) is 7.78. The first kappa shape index (κ1) is 16.3. The first-order chi connectivity index (χ1) is 10.5. The molecule has 1 aliphatic rings. The number of carbonyl (C=O) groups is 2. The van der Waals surface area contributed by atoms with Crippen molar-refractivity contribution in [2.24, 2.45) is 11.8 Å². The topological polar surface area (TPSA) is 75.6 Å². The molecule has 1 fully saturated rings. The van der Waals surface area contributed by atoms with Gasteiger partial charge in [-0.3, -0.25) is 9.59 Å². The highest BCUT2D eigenvalue weighted by atomic mass is 16.5. The van der Waals surface area contributed by atoms with E-state index in [1.54, 1.807) is 0 Å². The number of nitrogens with one attached hydrogen (secondary N) is 1. The van der Waals surface area contributed by atoms with Crippen LogP contribution in [0, 0.1) is 18.8 Å². The lowest BCUT2D eigenvalue weighted by atomic mass is 10.0. The SMILES string of the molecule is CCCOc1cc(C)ccc1NC(=O)[C@@H]1CC[C@H](C(=O)O)C1. The number of aryl methyl sites for hydroxylation is 1. The fourth-order valence-corrected chi connectivity index (χ4v) is 2.74. The minimum Gasteiger partial charge on any atom is -0.491 e. The summed E-state index contributed by atoms with van der Waals surface area (Å²) in [4.78, 5) is 23.3. The second-order valence-corrected chi connectivity index (χ2v) is 5.88. The van der Waals surface area contributed by atoms with E-state index in [1.165, 1.54) is 0 Å². The molecule has 0 saturated heterocycles. The molecule has 1 aromatic carbocycles. The maximum atomic E-state index is 12.3. The Bertz CT molecular complexity index is 556. The van der Waals surface area contributed by atoms with Crippen LogP contribution in [0.4, 0.5) is 5.69 Å². The highest BCUT2D eigenvalue weighted by molar-refractivity contribution is 5.94. The lowest BCUT2D eigenvalue weighted by molar-refractivity contribution is -0.141. The van der Waals surface area contributed by atoms with Crippen LogP contribution in [0.15, 0.2) is 18.2 Å². The number of amides is 1. The van der Waals surface area contributed by atoms with Crippen LogP contribution in [-0.2, 0) is 9.59 Å². The van der Waals surface area contributed by atoms with Crippen molar-refractivity contribution in [2.45, 2.75) is 39.5 Å². The Balaban J connectivity index is 2.04. The number of carboxylic acids is 1. The van der Waals surface area contributed by atoms with Crippen LogP contribution < -0.4 is 10.1 Å². The average molecular weight is 305 g/mol. The predicted molar refractivity (Wildman–Crippen MR) is 84.1 cm³/mol. The number of anilines is 1. The third-order valence-electron chi connectivity index (χ3n) is 4.01. The number of carboxylic acid groups (broad SMARTS) is 1. The van der Waals surface area contributed by atoms with E-state index in [0.29, 0.717) is 37.3 Å². The molecule has 2 rings (SSSR count). The van der Waals surface area contributed by atoms with Crippen LogP contribution in [0.3, 0.4) is 0 Å². The quantitative estimate of drug-likeness (QED) is 0.846. The molecule has 22 heavy (non-hydrogen) atoms.